The van der Waals surface area contributed by atoms with Crippen molar-refractivity contribution in [1.29, 1.82) is 0 Å². The van der Waals surface area contributed by atoms with Gasteiger partial charge in [0, 0.05) is 10.6 Å². The van der Waals surface area contributed by atoms with Crippen molar-refractivity contribution in [2.75, 3.05) is 0 Å². The Hall–Kier alpha value is -0.730. The lowest BCUT2D eigenvalue weighted by Gasteiger charge is -2.19. The SMILES string of the molecule is CC(C)C(C)Oc1ccc(Cl)cc1CO. The first-order chi connectivity index (χ1) is 7.04. The summed E-state index contributed by atoms with van der Waals surface area (Å²) in [5, 5.41) is 9.77. The Bertz CT molecular complexity index is 323. The van der Waals surface area contributed by atoms with E-state index in [4.69, 9.17) is 21.4 Å². The summed E-state index contributed by atoms with van der Waals surface area (Å²) in [5.74, 6) is 1.15. The third-order valence-corrected chi connectivity index (χ3v) is 2.68. The Labute approximate surface area is 95.8 Å². The molecule has 0 spiro atoms. The van der Waals surface area contributed by atoms with Crippen LogP contribution in [0.15, 0.2) is 18.2 Å². The minimum absolute atomic E-state index is 0.0549. The summed E-state index contributed by atoms with van der Waals surface area (Å²) in [4.78, 5) is 0. The summed E-state index contributed by atoms with van der Waals surface area (Å²) >= 11 is 5.83. The van der Waals surface area contributed by atoms with Crippen molar-refractivity contribution in [2.45, 2.75) is 33.5 Å². The second-order valence-electron chi connectivity index (χ2n) is 3.98. The summed E-state index contributed by atoms with van der Waals surface area (Å²) in [5.41, 5.74) is 0.731. The van der Waals surface area contributed by atoms with Crippen LogP contribution < -0.4 is 4.74 Å². The Morgan fingerprint density at radius 2 is 2.00 bits per heavy atom. The second kappa shape index (κ2) is 5.38. The van der Waals surface area contributed by atoms with Crippen molar-refractivity contribution >= 4 is 11.6 Å². The molecule has 0 fully saturated rings. The molecule has 1 rings (SSSR count). The summed E-state index contributed by atoms with van der Waals surface area (Å²) in [7, 11) is 0. The number of halogens is 1. The first-order valence-corrected chi connectivity index (χ1v) is 5.48. The van der Waals surface area contributed by atoms with Crippen LogP contribution in [0.3, 0.4) is 0 Å². The van der Waals surface area contributed by atoms with Gasteiger partial charge in [-0.25, -0.2) is 0 Å². The molecular formula is C12H17ClO2. The van der Waals surface area contributed by atoms with Crippen LogP contribution in [0.4, 0.5) is 0 Å². The molecule has 0 aliphatic rings. The van der Waals surface area contributed by atoms with Gasteiger partial charge in [-0.15, -0.1) is 0 Å². The number of aliphatic hydroxyl groups is 1. The van der Waals surface area contributed by atoms with E-state index in [0.29, 0.717) is 16.7 Å². The molecule has 0 heterocycles. The van der Waals surface area contributed by atoms with E-state index in [1.165, 1.54) is 0 Å². The molecule has 0 aromatic heterocycles. The molecule has 15 heavy (non-hydrogen) atoms. The maximum absolute atomic E-state index is 9.16. The normalized spacial score (nSPS) is 12.9. The first-order valence-electron chi connectivity index (χ1n) is 5.10. The number of ether oxygens (including phenoxy) is 1. The van der Waals surface area contributed by atoms with Crippen molar-refractivity contribution in [3.8, 4) is 5.75 Å². The number of hydrogen-bond donors (Lipinski definition) is 1. The maximum Gasteiger partial charge on any atom is 0.125 e. The first kappa shape index (κ1) is 12.3. The van der Waals surface area contributed by atoms with Crippen LogP contribution in [0.25, 0.3) is 0 Å². The quantitative estimate of drug-likeness (QED) is 0.857. The van der Waals surface area contributed by atoms with E-state index in [0.717, 1.165) is 5.56 Å². The van der Waals surface area contributed by atoms with Gasteiger partial charge in [-0.3, -0.25) is 0 Å². The van der Waals surface area contributed by atoms with Gasteiger partial charge in [0.05, 0.1) is 12.7 Å². The molecular weight excluding hydrogens is 212 g/mol. The summed E-state index contributed by atoms with van der Waals surface area (Å²) in [6.45, 7) is 6.15. The van der Waals surface area contributed by atoms with E-state index >= 15 is 0 Å². The van der Waals surface area contributed by atoms with Crippen molar-refractivity contribution in [3.05, 3.63) is 28.8 Å². The summed E-state index contributed by atoms with van der Waals surface area (Å²) in [6.07, 6.45) is 0.122. The van der Waals surface area contributed by atoms with Crippen LogP contribution in [0.1, 0.15) is 26.3 Å². The molecule has 1 aromatic carbocycles. The number of rotatable bonds is 4. The fourth-order valence-electron chi connectivity index (χ4n) is 1.12. The third-order valence-electron chi connectivity index (χ3n) is 2.44. The fraction of sp³-hybridized carbons (Fsp3) is 0.500. The monoisotopic (exact) mass is 228 g/mol. The average Bonchev–Trinajstić information content (AvgIpc) is 2.20. The fourth-order valence-corrected chi connectivity index (χ4v) is 1.32. The zero-order chi connectivity index (χ0) is 11.4. The minimum atomic E-state index is -0.0549. The van der Waals surface area contributed by atoms with Gasteiger partial charge in [-0.05, 0) is 31.0 Å². The van der Waals surface area contributed by atoms with Crippen molar-refractivity contribution in [2.24, 2.45) is 5.92 Å². The molecule has 0 bridgehead atoms. The summed E-state index contributed by atoms with van der Waals surface area (Å²) < 4.78 is 5.73. The van der Waals surface area contributed by atoms with E-state index in [9.17, 15) is 0 Å². The molecule has 1 atom stereocenters. The van der Waals surface area contributed by atoms with Gasteiger partial charge in [-0.1, -0.05) is 25.4 Å². The molecule has 0 radical (unpaired) electrons. The predicted octanol–water partition coefficient (Wildman–Crippen LogP) is 3.26. The van der Waals surface area contributed by atoms with Crippen LogP contribution >= 0.6 is 11.6 Å². The van der Waals surface area contributed by atoms with Gasteiger partial charge < -0.3 is 9.84 Å². The molecule has 0 amide bonds. The minimum Gasteiger partial charge on any atom is -0.490 e. The third kappa shape index (κ3) is 3.40. The number of benzene rings is 1. The van der Waals surface area contributed by atoms with Crippen LogP contribution in [-0.2, 0) is 6.61 Å². The molecule has 2 nitrogen and oxygen atoms in total. The summed E-state index contributed by atoms with van der Waals surface area (Å²) in [6, 6.07) is 5.29. The highest BCUT2D eigenvalue weighted by molar-refractivity contribution is 6.30. The standard InChI is InChI=1S/C12H17ClO2/c1-8(2)9(3)15-12-5-4-11(13)6-10(12)7-14/h4-6,8-9,14H,7H2,1-3H3. The molecule has 84 valence electrons. The highest BCUT2D eigenvalue weighted by Crippen LogP contribution is 2.25. The van der Waals surface area contributed by atoms with Crippen molar-refractivity contribution in [3.63, 3.8) is 0 Å². The lowest BCUT2D eigenvalue weighted by molar-refractivity contribution is 0.164. The van der Waals surface area contributed by atoms with E-state index < -0.39 is 0 Å². The van der Waals surface area contributed by atoms with E-state index in [-0.39, 0.29) is 12.7 Å². The van der Waals surface area contributed by atoms with Gasteiger partial charge in [0.15, 0.2) is 0 Å². The lowest BCUT2D eigenvalue weighted by atomic mass is 10.1. The number of hydrogen-bond acceptors (Lipinski definition) is 2. The second-order valence-corrected chi connectivity index (χ2v) is 4.41. The van der Waals surface area contributed by atoms with E-state index in [2.05, 4.69) is 13.8 Å². The molecule has 1 unspecified atom stereocenters. The zero-order valence-corrected chi connectivity index (χ0v) is 10.1. The Kier molecular flexibility index (Phi) is 4.43. The lowest BCUT2D eigenvalue weighted by Crippen LogP contribution is -2.19. The van der Waals surface area contributed by atoms with Gasteiger partial charge in [0.1, 0.15) is 5.75 Å². The van der Waals surface area contributed by atoms with Gasteiger partial charge in [0.2, 0.25) is 0 Å². The number of aliphatic hydroxyl groups excluding tert-OH is 1. The van der Waals surface area contributed by atoms with Crippen molar-refractivity contribution in [1.82, 2.24) is 0 Å². The molecule has 3 heteroatoms. The molecule has 0 aliphatic heterocycles. The van der Waals surface area contributed by atoms with E-state index in [1.54, 1.807) is 18.2 Å². The molecule has 0 saturated carbocycles. The highest BCUT2D eigenvalue weighted by Gasteiger charge is 2.11. The maximum atomic E-state index is 9.16. The van der Waals surface area contributed by atoms with Gasteiger partial charge in [0.25, 0.3) is 0 Å². The van der Waals surface area contributed by atoms with Gasteiger partial charge >= 0.3 is 0 Å². The average molecular weight is 229 g/mol. The molecule has 1 aromatic rings. The van der Waals surface area contributed by atoms with E-state index in [1.807, 2.05) is 6.92 Å². The van der Waals surface area contributed by atoms with Crippen LogP contribution in [0, 0.1) is 5.92 Å². The molecule has 1 N–H and O–H groups in total. The topological polar surface area (TPSA) is 29.5 Å². The molecule has 0 saturated heterocycles. The van der Waals surface area contributed by atoms with Crippen LogP contribution in [-0.4, -0.2) is 11.2 Å². The Balaban J connectivity index is 2.84. The Morgan fingerprint density at radius 3 is 2.53 bits per heavy atom. The smallest absolute Gasteiger partial charge is 0.125 e. The van der Waals surface area contributed by atoms with Crippen molar-refractivity contribution < 1.29 is 9.84 Å². The Morgan fingerprint density at radius 1 is 1.33 bits per heavy atom. The highest BCUT2D eigenvalue weighted by atomic mass is 35.5. The predicted molar refractivity (Wildman–Crippen MR) is 62.3 cm³/mol. The van der Waals surface area contributed by atoms with Crippen LogP contribution in [0.5, 0.6) is 5.75 Å². The molecule has 0 aliphatic carbocycles. The largest absolute Gasteiger partial charge is 0.490 e. The van der Waals surface area contributed by atoms with Gasteiger partial charge in [-0.2, -0.15) is 0 Å². The zero-order valence-electron chi connectivity index (χ0n) is 9.33. The van der Waals surface area contributed by atoms with Crippen LogP contribution in [0.2, 0.25) is 5.02 Å².